The number of benzene rings is 1. The lowest BCUT2D eigenvalue weighted by atomic mass is 10.2. The van der Waals surface area contributed by atoms with Gasteiger partial charge in [0.2, 0.25) is 0 Å². The van der Waals surface area contributed by atoms with Crippen LogP contribution < -0.4 is 0 Å². The molecule has 1 aliphatic rings. The largest absolute Gasteiger partial charge is 0.346 e. The normalized spacial score (nSPS) is 17.5. The highest BCUT2D eigenvalue weighted by atomic mass is 32.2. The fourth-order valence-corrected chi connectivity index (χ4v) is 3.09. The molecule has 1 saturated heterocycles. The Kier molecular flexibility index (Phi) is 3.81. The predicted molar refractivity (Wildman–Crippen MR) is 63.4 cm³/mol. The van der Waals surface area contributed by atoms with E-state index in [1.807, 2.05) is 6.92 Å². The maximum Gasteiger partial charge on any atom is 0.184 e. The smallest absolute Gasteiger partial charge is 0.184 e. The van der Waals surface area contributed by atoms with Crippen molar-refractivity contribution >= 4 is 9.84 Å². The Morgan fingerprint density at radius 1 is 1.18 bits per heavy atom. The summed E-state index contributed by atoms with van der Waals surface area (Å²) < 4.78 is 34.3. The molecule has 17 heavy (non-hydrogen) atoms. The zero-order chi connectivity index (χ0) is 12.3. The van der Waals surface area contributed by atoms with Crippen molar-refractivity contribution in [1.82, 2.24) is 0 Å². The molecule has 0 N–H and O–H groups in total. The van der Waals surface area contributed by atoms with Gasteiger partial charge in [-0.25, -0.2) is 8.42 Å². The molecule has 1 aromatic carbocycles. The van der Waals surface area contributed by atoms with Crippen molar-refractivity contribution in [3.8, 4) is 0 Å². The minimum Gasteiger partial charge on any atom is -0.346 e. The van der Waals surface area contributed by atoms with Gasteiger partial charge in [-0.1, -0.05) is 19.1 Å². The van der Waals surface area contributed by atoms with Gasteiger partial charge in [-0.3, -0.25) is 0 Å². The Bertz CT molecular complexity index is 458. The zero-order valence-electron chi connectivity index (χ0n) is 9.76. The van der Waals surface area contributed by atoms with E-state index in [-0.39, 0.29) is 12.0 Å². The van der Waals surface area contributed by atoms with Crippen LogP contribution in [-0.2, 0) is 19.3 Å². The summed E-state index contributed by atoms with van der Waals surface area (Å²) in [6.07, 6.45) is 0.275. The van der Waals surface area contributed by atoms with Crippen LogP contribution >= 0.6 is 0 Å². The van der Waals surface area contributed by atoms with Crippen LogP contribution in [-0.4, -0.2) is 27.4 Å². The molecule has 0 aliphatic carbocycles. The minimum absolute atomic E-state index is 0.183. The Morgan fingerprint density at radius 3 is 2.29 bits per heavy atom. The van der Waals surface area contributed by atoms with Crippen LogP contribution in [0.15, 0.2) is 29.2 Å². The first-order valence-electron chi connectivity index (χ1n) is 5.69. The monoisotopic (exact) mass is 256 g/mol. The molecular weight excluding hydrogens is 240 g/mol. The number of ether oxygens (including phenoxy) is 2. The molecule has 0 spiro atoms. The maximum absolute atomic E-state index is 11.8. The molecule has 5 heteroatoms. The first kappa shape index (κ1) is 12.5. The van der Waals surface area contributed by atoms with Crippen molar-refractivity contribution in [3.05, 3.63) is 29.8 Å². The Labute approximate surface area is 101 Å². The molecule has 0 bridgehead atoms. The second-order valence-corrected chi connectivity index (χ2v) is 6.07. The maximum atomic E-state index is 11.8. The van der Waals surface area contributed by atoms with Crippen LogP contribution in [0.25, 0.3) is 0 Å². The van der Waals surface area contributed by atoms with Crippen LogP contribution in [0, 0.1) is 0 Å². The van der Waals surface area contributed by atoms with Gasteiger partial charge in [0.1, 0.15) is 0 Å². The Hall–Kier alpha value is -0.910. The van der Waals surface area contributed by atoms with E-state index in [1.54, 1.807) is 24.3 Å². The van der Waals surface area contributed by atoms with Gasteiger partial charge >= 0.3 is 0 Å². The van der Waals surface area contributed by atoms with E-state index in [4.69, 9.17) is 9.47 Å². The van der Waals surface area contributed by atoms with E-state index in [9.17, 15) is 8.42 Å². The summed E-state index contributed by atoms with van der Waals surface area (Å²) in [6.45, 7) is 3.02. The van der Waals surface area contributed by atoms with Crippen LogP contribution in [0.3, 0.4) is 0 Å². The van der Waals surface area contributed by atoms with Gasteiger partial charge in [-0.2, -0.15) is 0 Å². The summed E-state index contributed by atoms with van der Waals surface area (Å²) in [6, 6.07) is 6.73. The van der Waals surface area contributed by atoms with Crippen molar-refractivity contribution in [3.63, 3.8) is 0 Å². The van der Waals surface area contributed by atoms with Crippen LogP contribution in [0.5, 0.6) is 0 Å². The van der Waals surface area contributed by atoms with Gasteiger partial charge in [0.25, 0.3) is 0 Å². The first-order valence-corrected chi connectivity index (χ1v) is 7.34. The van der Waals surface area contributed by atoms with E-state index < -0.39 is 9.84 Å². The molecule has 1 aromatic rings. The number of sulfone groups is 1. The second-order valence-electron chi connectivity index (χ2n) is 3.96. The third-order valence-electron chi connectivity index (χ3n) is 2.61. The first-order chi connectivity index (χ1) is 8.13. The molecule has 0 saturated carbocycles. The molecule has 1 heterocycles. The average molecular weight is 256 g/mol. The van der Waals surface area contributed by atoms with Gasteiger partial charge in [-0.15, -0.1) is 0 Å². The molecule has 0 atom stereocenters. The van der Waals surface area contributed by atoms with Gasteiger partial charge in [0, 0.05) is 5.56 Å². The van der Waals surface area contributed by atoms with Crippen LogP contribution in [0.2, 0.25) is 0 Å². The molecule has 0 unspecified atom stereocenters. The molecule has 0 amide bonds. The molecule has 0 radical (unpaired) electrons. The zero-order valence-corrected chi connectivity index (χ0v) is 10.6. The molecular formula is C12H16O4S. The summed E-state index contributed by atoms with van der Waals surface area (Å²) in [5.74, 6) is 0.183. The second kappa shape index (κ2) is 5.16. The fourth-order valence-electron chi connectivity index (χ4n) is 1.77. The Balaban J connectivity index is 2.18. The van der Waals surface area contributed by atoms with Gasteiger partial charge in [0.15, 0.2) is 16.1 Å². The number of rotatable bonds is 4. The van der Waals surface area contributed by atoms with E-state index >= 15 is 0 Å². The lowest BCUT2D eigenvalue weighted by molar-refractivity contribution is -0.0441. The Morgan fingerprint density at radius 2 is 1.76 bits per heavy atom. The summed E-state index contributed by atoms with van der Waals surface area (Å²) in [4.78, 5) is 0.362. The molecule has 0 aromatic heterocycles. The lowest BCUT2D eigenvalue weighted by Crippen LogP contribution is -2.06. The van der Waals surface area contributed by atoms with Gasteiger partial charge < -0.3 is 9.47 Å². The van der Waals surface area contributed by atoms with Crippen molar-refractivity contribution < 1.29 is 17.9 Å². The summed E-state index contributed by atoms with van der Waals surface area (Å²) in [5, 5.41) is 0. The summed E-state index contributed by atoms with van der Waals surface area (Å²) in [7, 11) is -3.13. The van der Waals surface area contributed by atoms with Crippen molar-refractivity contribution in [1.29, 1.82) is 0 Å². The SMILES string of the molecule is CCCS(=O)(=O)c1ccc(C2OCCO2)cc1. The quantitative estimate of drug-likeness (QED) is 0.825. The highest BCUT2D eigenvalue weighted by Gasteiger charge is 2.19. The highest BCUT2D eigenvalue weighted by Crippen LogP contribution is 2.24. The van der Waals surface area contributed by atoms with Crippen molar-refractivity contribution in [2.45, 2.75) is 24.5 Å². The van der Waals surface area contributed by atoms with E-state index in [1.165, 1.54) is 0 Å². The van der Waals surface area contributed by atoms with E-state index in [0.717, 1.165) is 5.56 Å². The van der Waals surface area contributed by atoms with Crippen LogP contribution in [0.1, 0.15) is 25.2 Å². The van der Waals surface area contributed by atoms with Gasteiger partial charge in [-0.05, 0) is 18.6 Å². The standard InChI is InChI=1S/C12H16O4S/c1-2-9-17(13,14)11-5-3-10(4-6-11)12-15-7-8-16-12/h3-6,12H,2,7-9H2,1H3. The number of hydrogen-bond donors (Lipinski definition) is 0. The molecule has 1 aliphatic heterocycles. The topological polar surface area (TPSA) is 52.6 Å². The van der Waals surface area contributed by atoms with E-state index in [0.29, 0.717) is 24.5 Å². The highest BCUT2D eigenvalue weighted by molar-refractivity contribution is 7.91. The average Bonchev–Trinajstić information content (AvgIpc) is 2.82. The van der Waals surface area contributed by atoms with Gasteiger partial charge in [0.05, 0.1) is 23.9 Å². The van der Waals surface area contributed by atoms with Crippen LogP contribution in [0.4, 0.5) is 0 Å². The van der Waals surface area contributed by atoms with Crippen molar-refractivity contribution in [2.24, 2.45) is 0 Å². The molecule has 4 nitrogen and oxygen atoms in total. The summed E-state index contributed by atoms with van der Waals surface area (Å²) >= 11 is 0. The molecule has 2 rings (SSSR count). The van der Waals surface area contributed by atoms with E-state index in [2.05, 4.69) is 0 Å². The van der Waals surface area contributed by atoms with Crippen molar-refractivity contribution in [2.75, 3.05) is 19.0 Å². The molecule has 94 valence electrons. The minimum atomic E-state index is -3.13. The third-order valence-corrected chi connectivity index (χ3v) is 4.54. The summed E-state index contributed by atoms with van der Waals surface area (Å²) in [5.41, 5.74) is 0.859. The predicted octanol–water partition coefficient (Wildman–Crippen LogP) is 1.92. The fraction of sp³-hybridized carbons (Fsp3) is 0.500. The molecule has 1 fully saturated rings. The number of hydrogen-bond acceptors (Lipinski definition) is 4. The third kappa shape index (κ3) is 2.86. The lowest BCUT2D eigenvalue weighted by Gasteiger charge is -2.10.